The van der Waals surface area contributed by atoms with Crippen LogP contribution in [0.4, 0.5) is 0 Å². The minimum absolute atomic E-state index is 0.0224. The zero-order chi connectivity index (χ0) is 55.0. The fourth-order valence-electron chi connectivity index (χ4n) is 11.2. The first-order valence-corrected chi connectivity index (χ1v) is 35.0. The van der Waals surface area contributed by atoms with Crippen LogP contribution in [0.3, 0.4) is 0 Å². The van der Waals surface area contributed by atoms with Gasteiger partial charge in [0, 0.05) is 12.8 Å². The summed E-state index contributed by atoms with van der Waals surface area (Å²) in [5, 5.41) is 23.2. The van der Waals surface area contributed by atoms with Crippen LogP contribution in [-0.2, 0) is 14.3 Å². The van der Waals surface area contributed by atoms with Crippen molar-refractivity contribution in [3.63, 3.8) is 0 Å². The number of carbonyl (C=O) groups excluding carboxylic acids is 2. The number of hydrogen-bond acceptors (Lipinski definition) is 5. The lowest BCUT2D eigenvalue weighted by Crippen LogP contribution is -2.45. The Hall–Kier alpha value is -1.40. The predicted molar refractivity (Wildman–Crippen MR) is 333 cm³/mol. The molecule has 0 saturated heterocycles. The largest absolute Gasteiger partial charge is 0.466 e. The van der Waals surface area contributed by atoms with Gasteiger partial charge in [0.05, 0.1) is 25.4 Å². The summed E-state index contributed by atoms with van der Waals surface area (Å²) in [4.78, 5) is 24.5. The van der Waals surface area contributed by atoms with Crippen LogP contribution >= 0.6 is 0 Å². The highest BCUT2D eigenvalue weighted by Crippen LogP contribution is 2.19. The maximum Gasteiger partial charge on any atom is 0.305 e. The molecule has 0 aromatic carbocycles. The molecule has 0 radical (unpaired) electrons. The summed E-state index contributed by atoms with van der Waals surface area (Å²) in [5.41, 5.74) is 0. The van der Waals surface area contributed by atoms with Gasteiger partial charge in [-0.2, -0.15) is 0 Å². The number of nitrogens with one attached hydrogen (secondary N) is 1. The molecule has 0 heterocycles. The highest BCUT2D eigenvalue weighted by molar-refractivity contribution is 5.76. The van der Waals surface area contributed by atoms with E-state index >= 15 is 0 Å². The summed E-state index contributed by atoms with van der Waals surface area (Å²) in [6.07, 6.45) is 81.6. The molecule has 3 N–H and O–H groups in total. The smallest absolute Gasteiger partial charge is 0.305 e. The molecule has 0 bridgehead atoms. The number of carbonyl (C=O) groups is 2. The normalized spacial score (nSPS) is 12.5. The molecule has 0 aliphatic carbocycles. The molecule has 0 aliphatic rings. The van der Waals surface area contributed by atoms with Crippen molar-refractivity contribution in [3.8, 4) is 0 Å². The number of rotatable bonds is 66. The first-order chi connectivity index (χ1) is 37.5. The van der Waals surface area contributed by atoms with Crippen molar-refractivity contribution in [3.05, 3.63) is 12.2 Å². The van der Waals surface area contributed by atoms with E-state index in [0.29, 0.717) is 19.4 Å². The molecule has 0 aromatic heterocycles. The van der Waals surface area contributed by atoms with Crippen LogP contribution in [0.5, 0.6) is 0 Å². The highest BCUT2D eigenvalue weighted by Gasteiger charge is 2.18. The Bertz CT molecular complexity index is 1140. The molecule has 0 fully saturated rings. The standard InChI is InChI=1S/C70H137NO5/c1-3-5-7-9-11-13-15-17-36-39-42-46-50-54-58-62-68(73)67(66-72)71-69(74)63-59-55-51-47-43-40-37-34-32-30-28-26-24-22-20-18-19-21-23-25-27-29-31-33-35-38-41-45-49-53-57-61-65-76-70(75)64-60-56-52-48-44-16-14-12-10-8-6-4-2/h58,62,67-68,72-73H,3-57,59-61,63-66H2,1-2H3,(H,71,74)/b62-58+. The van der Waals surface area contributed by atoms with Gasteiger partial charge in [0.15, 0.2) is 0 Å². The second-order valence-corrected chi connectivity index (χ2v) is 24.2. The van der Waals surface area contributed by atoms with Gasteiger partial charge in [-0.05, 0) is 32.1 Å². The second kappa shape index (κ2) is 66.1. The number of amides is 1. The molecular formula is C70H137NO5. The van der Waals surface area contributed by atoms with Gasteiger partial charge in [0.25, 0.3) is 0 Å². The van der Waals surface area contributed by atoms with E-state index in [-0.39, 0.29) is 18.5 Å². The molecule has 76 heavy (non-hydrogen) atoms. The van der Waals surface area contributed by atoms with E-state index in [1.807, 2.05) is 6.08 Å². The van der Waals surface area contributed by atoms with Crippen molar-refractivity contribution in [1.82, 2.24) is 5.32 Å². The Morgan fingerprint density at radius 3 is 0.895 bits per heavy atom. The molecule has 0 aliphatic heterocycles. The summed E-state index contributed by atoms with van der Waals surface area (Å²) < 4.78 is 5.48. The molecule has 0 aromatic rings. The Balaban J connectivity index is 3.32. The van der Waals surface area contributed by atoms with Gasteiger partial charge in [0.2, 0.25) is 5.91 Å². The van der Waals surface area contributed by atoms with Gasteiger partial charge in [-0.15, -0.1) is 0 Å². The fourth-order valence-corrected chi connectivity index (χ4v) is 11.2. The van der Waals surface area contributed by atoms with Gasteiger partial charge < -0.3 is 20.3 Å². The monoisotopic (exact) mass is 1070 g/mol. The third-order valence-corrected chi connectivity index (χ3v) is 16.6. The van der Waals surface area contributed by atoms with E-state index in [0.717, 1.165) is 38.5 Å². The molecule has 6 nitrogen and oxygen atoms in total. The molecule has 2 atom stereocenters. The zero-order valence-corrected chi connectivity index (χ0v) is 51.8. The number of aliphatic hydroxyl groups excluding tert-OH is 2. The van der Waals surface area contributed by atoms with Crippen LogP contribution in [0.15, 0.2) is 12.2 Å². The van der Waals surface area contributed by atoms with Gasteiger partial charge in [-0.25, -0.2) is 0 Å². The van der Waals surface area contributed by atoms with Crippen molar-refractivity contribution in [1.29, 1.82) is 0 Å². The van der Waals surface area contributed by atoms with Crippen molar-refractivity contribution in [2.24, 2.45) is 0 Å². The Labute approximate surface area is 476 Å². The molecule has 2 unspecified atom stereocenters. The predicted octanol–water partition coefficient (Wildman–Crippen LogP) is 22.4. The fraction of sp³-hybridized carbons (Fsp3) is 0.943. The average Bonchev–Trinajstić information content (AvgIpc) is 3.42. The summed E-state index contributed by atoms with van der Waals surface area (Å²) in [6.45, 7) is 4.94. The summed E-state index contributed by atoms with van der Waals surface area (Å²) in [5.74, 6) is -0.0382. The lowest BCUT2D eigenvalue weighted by molar-refractivity contribution is -0.143. The van der Waals surface area contributed by atoms with E-state index < -0.39 is 12.1 Å². The van der Waals surface area contributed by atoms with Crippen molar-refractivity contribution in [2.45, 2.75) is 411 Å². The molecule has 1 amide bonds. The number of aliphatic hydroxyl groups is 2. The summed E-state index contributed by atoms with van der Waals surface area (Å²) >= 11 is 0. The maximum absolute atomic E-state index is 12.5. The van der Waals surface area contributed by atoms with Crippen molar-refractivity contribution < 1.29 is 24.5 Å². The van der Waals surface area contributed by atoms with Crippen LogP contribution in [-0.4, -0.2) is 47.4 Å². The summed E-state index contributed by atoms with van der Waals surface area (Å²) in [6, 6.07) is -0.623. The van der Waals surface area contributed by atoms with Gasteiger partial charge in [-0.1, -0.05) is 366 Å². The Morgan fingerprint density at radius 2 is 0.605 bits per heavy atom. The van der Waals surface area contributed by atoms with Crippen LogP contribution in [0.2, 0.25) is 0 Å². The quantitative estimate of drug-likeness (QED) is 0.0320. The Kier molecular flexibility index (Phi) is 64.9. The highest BCUT2D eigenvalue weighted by atomic mass is 16.5. The maximum atomic E-state index is 12.5. The first kappa shape index (κ1) is 74.6. The van der Waals surface area contributed by atoms with Crippen LogP contribution in [0, 0.1) is 0 Å². The lowest BCUT2D eigenvalue weighted by Gasteiger charge is -2.20. The third-order valence-electron chi connectivity index (χ3n) is 16.6. The number of unbranched alkanes of at least 4 members (excludes halogenated alkanes) is 55. The van der Waals surface area contributed by atoms with Crippen molar-refractivity contribution >= 4 is 11.9 Å². The van der Waals surface area contributed by atoms with E-state index in [2.05, 4.69) is 19.2 Å². The molecule has 6 heteroatoms. The minimum Gasteiger partial charge on any atom is -0.466 e. The van der Waals surface area contributed by atoms with E-state index in [1.54, 1.807) is 6.08 Å². The SMILES string of the molecule is CCCCCCCCCCCCCCC/C=C/C(O)C(CO)NC(=O)CCCCCCCCCCCCCCCCCCCCCCCCCCCCCCCCCCOC(=O)CCCCCCCCCCCCCC. The number of hydrogen-bond donors (Lipinski definition) is 3. The molecular weight excluding hydrogens is 935 g/mol. The zero-order valence-electron chi connectivity index (χ0n) is 51.8. The third kappa shape index (κ3) is 61.8. The summed E-state index contributed by atoms with van der Waals surface area (Å²) in [7, 11) is 0. The van der Waals surface area contributed by atoms with Gasteiger partial charge in [-0.3, -0.25) is 9.59 Å². The topological polar surface area (TPSA) is 95.9 Å². The van der Waals surface area contributed by atoms with Crippen LogP contribution in [0.25, 0.3) is 0 Å². The van der Waals surface area contributed by atoms with E-state index in [9.17, 15) is 19.8 Å². The van der Waals surface area contributed by atoms with Crippen LogP contribution < -0.4 is 5.32 Å². The van der Waals surface area contributed by atoms with Gasteiger partial charge in [0.1, 0.15) is 0 Å². The molecule has 0 spiro atoms. The van der Waals surface area contributed by atoms with Gasteiger partial charge >= 0.3 is 5.97 Å². The average molecular weight is 1070 g/mol. The minimum atomic E-state index is -0.840. The van der Waals surface area contributed by atoms with E-state index in [4.69, 9.17) is 4.74 Å². The second-order valence-electron chi connectivity index (χ2n) is 24.2. The number of ether oxygens (including phenoxy) is 1. The lowest BCUT2D eigenvalue weighted by atomic mass is 10.0. The number of esters is 1. The number of allylic oxidation sites excluding steroid dienone is 1. The Morgan fingerprint density at radius 1 is 0.355 bits per heavy atom. The first-order valence-electron chi connectivity index (χ1n) is 35.0. The molecule has 0 rings (SSSR count). The van der Waals surface area contributed by atoms with Crippen molar-refractivity contribution in [2.75, 3.05) is 13.2 Å². The molecule has 0 saturated carbocycles. The van der Waals surface area contributed by atoms with E-state index in [1.165, 1.54) is 334 Å². The molecule has 452 valence electrons. The van der Waals surface area contributed by atoms with Crippen LogP contribution in [0.1, 0.15) is 399 Å².